The number of nitrogens with one attached hydrogen (secondary N) is 2. The summed E-state index contributed by atoms with van der Waals surface area (Å²) in [5.74, 6) is -0.768. The minimum atomic E-state index is -0.877. The van der Waals surface area contributed by atoms with E-state index in [1.807, 2.05) is 60.7 Å². The number of benzene rings is 2. The maximum Gasteiger partial charge on any atom is 0.245 e. The van der Waals surface area contributed by atoms with E-state index in [9.17, 15) is 14.4 Å². The predicted molar refractivity (Wildman–Crippen MR) is 129 cm³/mol. The largest absolute Gasteiger partial charge is 0.374 e. The lowest BCUT2D eigenvalue weighted by molar-refractivity contribution is -0.154. The molecule has 1 aliphatic heterocycles. The molecule has 1 heterocycles. The molecular weight excluding hydrogens is 430 g/mol. The van der Waals surface area contributed by atoms with Crippen LogP contribution in [0.25, 0.3) is 0 Å². The Bertz CT molecular complexity index is 960. The minimum absolute atomic E-state index is 0.0256. The molecule has 180 valence electrons. The Morgan fingerprint density at radius 1 is 0.971 bits per heavy atom. The average Bonchev–Trinajstić information content (AvgIpc) is 2.87. The molecule has 7 heteroatoms. The van der Waals surface area contributed by atoms with Crippen LogP contribution in [0, 0.1) is 0 Å². The minimum Gasteiger partial charge on any atom is -0.374 e. The first kappa shape index (κ1) is 24.0. The number of carbonyl (C=O) groups is 3. The number of carbonyl (C=O) groups excluding carboxylic acids is 3. The smallest absolute Gasteiger partial charge is 0.245 e. The second kappa shape index (κ2) is 11.8. The van der Waals surface area contributed by atoms with Gasteiger partial charge in [-0.15, -0.1) is 0 Å². The molecule has 0 spiro atoms. The van der Waals surface area contributed by atoms with Crippen molar-refractivity contribution in [1.82, 2.24) is 15.5 Å². The highest BCUT2D eigenvalue weighted by atomic mass is 16.5. The Labute approximate surface area is 200 Å². The van der Waals surface area contributed by atoms with Crippen molar-refractivity contribution in [2.24, 2.45) is 0 Å². The van der Waals surface area contributed by atoms with Gasteiger partial charge in [-0.1, -0.05) is 79.9 Å². The number of piperazine rings is 1. The number of rotatable bonds is 9. The Morgan fingerprint density at radius 3 is 2.29 bits per heavy atom. The molecule has 7 nitrogen and oxygen atoms in total. The summed E-state index contributed by atoms with van der Waals surface area (Å²) >= 11 is 0. The summed E-state index contributed by atoms with van der Waals surface area (Å²) in [6.45, 7) is 0.236. The number of hydrogen-bond acceptors (Lipinski definition) is 4. The summed E-state index contributed by atoms with van der Waals surface area (Å²) < 4.78 is 5.94. The molecule has 2 aromatic carbocycles. The van der Waals surface area contributed by atoms with Crippen LogP contribution in [0.3, 0.4) is 0 Å². The first-order chi connectivity index (χ1) is 16.6. The van der Waals surface area contributed by atoms with Crippen molar-refractivity contribution in [3.8, 4) is 0 Å². The van der Waals surface area contributed by atoms with Crippen LogP contribution < -0.4 is 10.6 Å². The quantitative estimate of drug-likeness (QED) is 0.598. The standard InChI is InChI=1S/C27H33N3O4/c31-25-17-28-26(32)23(16-20-10-4-1-5-11-20)30(25)24(19-34-18-21-12-6-2-7-13-21)27(33)29-22-14-8-3-9-15-22/h1-2,4-7,10-13,22-24H,3,8-9,14-19H2,(H,28,32)(H,29,33)/t23-,24?/m0/s1. The van der Waals surface area contributed by atoms with E-state index in [1.54, 1.807) is 0 Å². The zero-order valence-electron chi connectivity index (χ0n) is 19.4. The van der Waals surface area contributed by atoms with Gasteiger partial charge in [0.05, 0.1) is 19.8 Å². The Kier molecular flexibility index (Phi) is 8.31. The number of ether oxygens (including phenoxy) is 1. The van der Waals surface area contributed by atoms with Gasteiger partial charge in [-0.05, 0) is 24.0 Å². The van der Waals surface area contributed by atoms with E-state index < -0.39 is 12.1 Å². The van der Waals surface area contributed by atoms with Gasteiger partial charge >= 0.3 is 0 Å². The highest BCUT2D eigenvalue weighted by Gasteiger charge is 2.42. The summed E-state index contributed by atoms with van der Waals surface area (Å²) in [6, 6.07) is 17.7. The van der Waals surface area contributed by atoms with Crippen LogP contribution in [0.5, 0.6) is 0 Å². The predicted octanol–water partition coefficient (Wildman–Crippen LogP) is 2.59. The Morgan fingerprint density at radius 2 is 1.62 bits per heavy atom. The van der Waals surface area contributed by atoms with Gasteiger partial charge in [0.1, 0.15) is 12.1 Å². The molecule has 0 aromatic heterocycles. The Hall–Kier alpha value is -3.19. The van der Waals surface area contributed by atoms with Gasteiger partial charge < -0.3 is 20.3 Å². The Balaban J connectivity index is 1.54. The molecule has 34 heavy (non-hydrogen) atoms. The van der Waals surface area contributed by atoms with Crippen LogP contribution >= 0.6 is 0 Å². The summed E-state index contributed by atoms with van der Waals surface area (Å²) in [7, 11) is 0. The van der Waals surface area contributed by atoms with Crippen molar-refractivity contribution in [1.29, 1.82) is 0 Å². The van der Waals surface area contributed by atoms with Crippen molar-refractivity contribution in [2.45, 2.75) is 63.3 Å². The highest BCUT2D eigenvalue weighted by Crippen LogP contribution is 2.20. The molecule has 2 aliphatic rings. The molecule has 3 amide bonds. The molecule has 2 fully saturated rings. The van der Waals surface area contributed by atoms with Crippen molar-refractivity contribution in [3.05, 3.63) is 71.8 Å². The first-order valence-corrected chi connectivity index (χ1v) is 12.2. The molecule has 4 rings (SSSR count). The topological polar surface area (TPSA) is 87.7 Å². The summed E-state index contributed by atoms with van der Waals surface area (Å²) in [4.78, 5) is 40.9. The lowest BCUT2D eigenvalue weighted by Crippen LogP contribution is -2.66. The molecule has 1 unspecified atom stereocenters. The van der Waals surface area contributed by atoms with Crippen LogP contribution in [0.4, 0.5) is 0 Å². The normalized spacial score (nSPS) is 20.0. The molecule has 0 radical (unpaired) electrons. The lowest BCUT2D eigenvalue weighted by atomic mass is 9.95. The zero-order chi connectivity index (χ0) is 23.8. The molecular formula is C27H33N3O4. The second-order valence-corrected chi connectivity index (χ2v) is 9.08. The van der Waals surface area contributed by atoms with Gasteiger partial charge in [0, 0.05) is 12.5 Å². The molecule has 1 aliphatic carbocycles. The van der Waals surface area contributed by atoms with Crippen molar-refractivity contribution in [2.75, 3.05) is 13.2 Å². The average molecular weight is 464 g/mol. The molecule has 1 saturated carbocycles. The van der Waals surface area contributed by atoms with Gasteiger partial charge in [-0.25, -0.2) is 0 Å². The monoisotopic (exact) mass is 463 g/mol. The third kappa shape index (κ3) is 6.23. The number of amides is 3. The van der Waals surface area contributed by atoms with Gasteiger partial charge in [0.2, 0.25) is 17.7 Å². The third-order valence-electron chi connectivity index (χ3n) is 6.59. The van der Waals surface area contributed by atoms with Crippen LogP contribution in [0.15, 0.2) is 60.7 Å². The van der Waals surface area contributed by atoms with E-state index in [2.05, 4.69) is 10.6 Å². The molecule has 2 N–H and O–H groups in total. The van der Waals surface area contributed by atoms with Gasteiger partial charge in [-0.2, -0.15) is 0 Å². The maximum absolute atomic E-state index is 13.5. The third-order valence-corrected chi connectivity index (χ3v) is 6.59. The van der Waals surface area contributed by atoms with Crippen LogP contribution in [0.1, 0.15) is 43.2 Å². The van der Waals surface area contributed by atoms with Gasteiger partial charge in [0.25, 0.3) is 0 Å². The fourth-order valence-corrected chi connectivity index (χ4v) is 4.78. The fourth-order valence-electron chi connectivity index (χ4n) is 4.78. The first-order valence-electron chi connectivity index (χ1n) is 12.2. The van der Waals surface area contributed by atoms with Gasteiger partial charge in [-0.3, -0.25) is 14.4 Å². The van der Waals surface area contributed by atoms with Crippen LogP contribution in [-0.2, 0) is 32.1 Å². The van der Waals surface area contributed by atoms with E-state index in [-0.39, 0.29) is 36.9 Å². The van der Waals surface area contributed by atoms with E-state index in [0.717, 1.165) is 36.8 Å². The summed E-state index contributed by atoms with van der Waals surface area (Å²) in [6.07, 6.45) is 5.56. The molecule has 2 aromatic rings. The van der Waals surface area contributed by atoms with E-state index >= 15 is 0 Å². The van der Waals surface area contributed by atoms with E-state index in [1.165, 1.54) is 11.3 Å². The maximum atomic E-state index is 13.5. The van der Waals surface area contributed by atoms with E-state index in [4.69, 9.17) is 4.74 Å². The molecule has 0 bridgehead atoms. The fraction of sp³-hybridized carbons (Fsp3) is 0.444. The summed E-state index contributed by atoms with van der Waals surface area (Å²) in [5.41, 5.74) is 1.91. The van der Waals surface area contributed by atoms with Crippen molar-refractivity contribution >= 4 is 17.7 Å². The van der Waals surface area contributed by atoms with Crippen molar-refractivity contribution in [3.63, 3.8) is 0 Å². The van der Waals surface area contributed by atoms with Crippen molar-refractivity contribution < 1.29 is 19.1 Å². The molecule has 1 saturated heterocycles. The highest BCUT2D eigenvalue weighted by molar-refractivity contribution is 5.98. The molecule has 2 atom stereocenters. The lowest BCUT2D eigenvalue weighted by Gasteiger charge is -2.40. The van der Waals surface area contributed by atoms with E-state index in [0.29, 0.717) is 13.0 Å². The number of hydrogen-bond donors (Lipinski definition) is 2. The second-order valence-electron chi connectivity index (χ2n) is 9.08. The van der Waals surface area contributed by atoms with Crippen LogP contribution in [0.2, 0.25) is 0 Å². The van der Waals surface area contributed by atoms with Crippen LogP contribution in [-0.4, -0.2) is 53.9 Å². The van der Waals surface area contributed by atoms with Gasteiger partial charge in [0.15, 0.2) is 0 Å². The zero-order valence-corrected chi connectivity index (χ0v) is 19.4. The SMILES string of the molecule is O=C(NC1CCCCC1)C(COCc1ccccc1)N1C(=O)CNC(=O)[C@@H]1Cc1ccccc1. The summed E-state index contributed by atoms with van der Waals surface area (Å²) in [5, 5.41) is 5.83. The number of nitrogens with zero attached hydrogens (tertiary/aromatic N) is 1.